The number of carbonyl (C=O) groups is 2. The molecule has 1 atom stereocenters. The lowest BCUT2D eigenvalue weighted by atomic mass is 9.90. The second-order valence-corrected chi connectivity index (χ2v) is 10.7. The molecule has 2 aromatic carbocycles. The number of carbonyl (C=O) groups excluding carboxylic acids is 2. The van der Waals surface area contributed by atoms with Crippen molar-refractivity contribution in [3.05, 3.63) is 83.7 Å². The molecule has 4 rings (SSSR count). The van der Waals surface area contributed by atoms with Gasteiger partial charge in [-0.1, -0.05) is 74.5 Å². The van der Waals surface area contributed by atoms with E-state index < -0.39 is 0 Å². The second kappa shape index (κ2) is 11.8. The number of benzene rings is 2. The van der Waals surface area contributed by atoms with Crippen molar-refractivity contribution in [1.82, 2.24) is 15.1 Å². The van der Waals surface area contributed by atoms with Gasteiger partial charge in [0.25, 0.3) is 5.91 Å². The van der Waals surface area contributed by atoms with Crippen LogP contribution in [0.15, 0.2) is 66.9 Å². The molecule has 1 aliphatic rings. The number of nitrogens with one attached hydrogen (secondary N) is 1. The predicted octanol–water partition coefficient (Wildman–Crippen LogP) is 6.06. The highest BCUT2D eigenvalue weighted by atomic mass is 127. The Morgan fingerprint density at radius 2 is 1.77 bits per heavy atom. The Balaban J connectivity index is 1.44. The summed E-state index contributed by atoms with van der Waals surface area (Å²) in [5.74, 6) is 0.622. The Morgan fingerprint density at radius 3 is 2.46 bits per heavy atom. The number of amides is 1. The van der Waals surface area contributed by atoms with E-state index in [1.807, 2.05) is 57.7 Å². The summed E-state index contributed by atoms with van der Waals surface area (Å²) >= 11 is 1.86. The number of hydrogen-bond donors (Lipinski definition) is 1. The maximum absolute atomic E-state index is 13.1. The van der Waals surface area contributed by atoms with Crippen LogP contribution in [0.1, 0.15) is 49.9 Å². The molecule has 0 spiro atoms. The van der Waals surface area contributed by atoms with Gasteiger partial charge in [-0.2, -0.15) is 5.10 Å². The molecule has 182 valence electrons. The number of aryl methyl sites for hydroxylation is 1. The molecule has 0 radical (unpaired) electrons. The van der Waals surface area contributed by atoms with Crippen LogP contribution in [0.3, 0.4) is 0 Å². The third kappa shape index (κ3) is 6.48. The van der Waals surface area contributed by atoms with Crippen LogP contribution in [-0.2, 0) is 22.6 Å². The number of halogens is 1. The summed E-state index contributed by atoms with van der Waals surface area (Å²) in [6, 6.07) is 18.9. The zero-order valence-electron chi connectivity index (χ0n) is 20.3. The monoisotopic (exact) mass is 581 g/mol. The molecule has 1 heterocycles. The van der Waals surface area contributed by atoms with Crippen LogP contribution >= 0.6 is 22.6 Å². The summed E-state index contributed by atoms with van der Waals surface area (Å²) in [5.41, 5.74) is 6.26. The van der Waals surface area contributed by atoms with Crippen molar-refractivity contribution >= 4 is 37.9 Å². The normalized spacial score (nSPS) is 13.8. The lowest BCUT2D eigenvalue weighted by Crippen LogP contribution is -2.29. The van der Waals surface area contributed by atoms with Crippen LogP contribution in [-0.4, -0.2) is 26.0 Å². The Morgan fingerprint density at radius 1 is 1.06 bits per heavy atom. The van der Waals surface area contributed by atoms with E-state index >= 15 is 0 Å². The number of rotatable bonds is 10. The second-order valence-electron chi connectivity index (χ2n) is 9.50. The average Bonchev–Trinajstić information content (AvgIpc) is 3.27. The van der Waals surface area contributed by atoms with Crippen molar-refractivity contribution in [1.29, 1.82) is 0 Å². The fourth-order valence-electron chi connectivity index (χ4n) is 4.66. The summed E-state index contributed by atoms with van der Waals surface area (Å²) < 4.78 is 2.12. The maximum atomic E-state index is 13.1. The first-order valence-corrected chi connectivity index (χ1v) is 13.4. The number of aromatic nitrogens is 2. The minimum absolute atomic E-state index is 0.0598. The van der Waals surface area contributed by atoms with Gasteiger partial charge in [-0.25, -0.2) is 0 Å². The highest BCUT2D eigenvalue weighted by molar-refractivity contribution is 14.1. The molecule has 0 bridgehead atoms. The molecule has 0 fully saturated rings. The first kappa shape index (κ1) is 25.4. The molecule has 6 heteroatoms. The highest BCUT2D eigenvalue weighted by Crippen LogP contribution is 2.28. The first-order chi connectivity index (χ1) is 16.9. The summed E-state index contributed by atoms with van der Waals surface area (Å²) in [7, 11) is 0. The third-order valence-corrected chi connectivity index (χ3v) is 7.18. The van der Waals surface area contributed by atoms with Gasteiger partial charge in [0.2, 0.25) is 0 Å². The van der Waals surface area contributed by atoms with E-state index in [0.29, 0.717) is 31.0 Å². The van der Waals surface area contributed by atoms with Crippen LogP contribution in [0.25, 0.3) is 16.7 Å². The molecule has 0 saturated heterocycles. The SMILES string of the molecule is CC(C)C(CCNC(=O)C1=CCCc2cnn(Cc3ccc(-c4ccccc4)cc3)c21)CC(=O)I. The molecule has 35 heavy (non-hydrogen) atoms. The zero-order valence-corrected chi connectivity index (χ0v) is 22.5. The van der Waals surface area contributed by atoms with Gasteiger partial charge in [0.15, 0.2) is 3.79 Å². The molecule has 0 saturated carbocycles. The van der Waals surface area contributed by atoms with E-state index in [2.05, 4.69) is 60.7 Å². The smallest absolute Gasteiger partial charge is 0.253 e. The van der Waals surface area contributed by atoms with Gasteiger partial charge in [0, 0.05) is 13.0 Å². The Hall–Kier alpha value is -2.74. The van der Waals surface area contributed by atoms with Crippen molar-refractivity contribution in [2.75, 3.05) is 6.54 Å². The lowest BCUT2D eigenvalue weighted by molar-refractivity contribution is -0.115. The molecule has 5 nitrogen and oxygen atoms in total. The third-order valence-electron chi connectivity index (χ3n) is 6.74. The van der Waals surface area contributed by atoms with Gasteiger partial charge in [-0.3, -0.25) is 14.3 Å². The van der Waals surface area contributed by atoms with E-state index in [-0.39, 0.29) is 15.6 Å². The summed E-state index contributed by atoms with van der Waals surface area (Å²) in [5, 5.41) is 7.72. The Bertz CT molecular complexity index is 1200. The van der Waals surface area contributed by atoms with Crippen LogP contribution in [0.5, 0.6) is 0 Å². The molecular formula is C29H32IN3O2. The fourth-order valence-corrected chi connectivity index (χ4v) is 5.22. The maximum Gasteiger partial charge on any atom is 0.253 e. The van der Waals surface area contributed by atoms with E-state index in [9.17, 15) is 9.59 Å². The van der Waals surface area contributed by atoms with Crippen LogP contribution in [0.2, 0.25) is 0 Å². The van der Waals surface area contributed by atoms with Gasteiger partial charge in [-0.15, -0.1) is 0 Å². The van der Waals surface area contributed by atoms with Crippen molar-refractivity contribution in [3.63, 3.8) is 0 Å². The van der Waals surface area contributed by atoms with Gasteiger partial charge in [0.05, 0.1) is 24.0 Å². The van der Waals surface area contributed by atoms with Crippen molar-refractivity contribution < 1.29 is 9.59 Å². The van der Waals surface area contributed by atoms with E-state index in [0.717, 1.165) is 36.1 Å². The highest BCUT2D eigenvalue weighted by Gasteiger charge is 2.24. The number of hydrogen-bond acceptors (Lipinski definition) is 3. The van der Waals surface area contributed by atoms with Gasteiger partial charge in [-0.05, 0) is 75.9 Å². The van der Waals surface area contributed by atoms with E-state index in [1.54, 1.807) is 0 Å². The largest absolute Gasteiger partial charge is 0.352 e. The van der Waals surface area contributed by atoms with Crippen molar-refractivity contribution in [2.45, 2.75) is 46.1 Å². The summed E-state index contributed by atoms with van der Waals surface area (Å²) in [4.78, 5) is 24.7. The van der Waals surface area contributed by atoms with Crippen molar-refractivity contribution in [3.8, 4) is 11.1 Å². The van der Waals surface area contributed by atoms with Crippen molar-refractivity contribution in [2.24, 2.45) is 11.8 Å². The van der Waals surface area contributed by atoms with Gasteiger partial charge >= 0.3 is 0 Å². The molecule has 1 aromatic heterocycles. The minimum Gasteiger partial charge on any atom is -0.352 e. The topological polar surface area (TPSA) is 64.0 Å². The first-order valence-electron chi connectivity index (χ1n) is 12.3. The van der Waals surface area contributed by atoms with Gasteiger partial charge < -0.3 is 5.32 Å². The predicted molar refractivity (Wildman–Crippen MR) is 149 cm³/mol. The summed E-state index contributed by atoms with van der Waals surface area (Å²) in [6.07, 6.45) is 7.01. The standard InChI is InChI=1S/C29H32IN3O2/c1-20(2)24(17-27(30)34)15-16-31-29(35)26-10-6-9-25-18-32-33(28(25)26)19-21-11-13-23(14-12-21)22-7-4-3-5-8-22/h3-5,7-8,10-14,18,20,24H,6,9,15-17,19H2,1-2H3,(H,31,35). The number of fused-ring (bicyclic) bond motifs is 1. The van der Waals surface area contributed by atoms with Crippen LogP contribution < -0.4 is 5.32 Å². The molecule has 1 amide bonds. The molecule has 1 aliphatic carbocycles. The average molecular weight is 581 g/mol. The minimum atomic E-state index is -0.0598. The van der Waals surface area contributed by atoms with E-state index in [1.165, 1.54) is 11.1 Å². The summed E-state index contributed by atoms with van der Waals surface area (Å²) in [6.45, 7) is 5.44. The van der Waals surface area contributed by atoms with E-state index in [4.69, 9.17) is 0 Å². The quantitative estimate of drug-likeness (QED) is 0.234. The number of allylic oxidation sites excluding steroid dienone is 1. The fraction of sp³-hybridized carbons (Fsp3) is 0.345. The molecule has 0 aliphatic heterocycles. The lowest BCUT2D eigenvalue weighted by Gasteiger charge is -2.20. The van der Waals surface area contributed by atoms with Crippen LogP contribution in [0, 0.1) is 11.8 Å². The molecular weight excluding hydrogens is 549 g/mol. The molecule has 1 unspecified atom stereocenters. The number of nitrogens with zero attached hydrogens (tertiary/aromatic N) is 2. The molecule has 3 aromatic rings. The van der Waals surface area contributed by atoms with Gasteiger partial charge in [0.1, 0.15) is 0 Å². The Labute approximate surface area is 221 Å². The zero-order chi connectivity index (χ0) is 24.8. The molecule has 1 N–H and O–H groups in total. The Kier molecular flexibility index (Phi) is 8.55. The van der Waals surface area contributed by atoms with Crippen LogP contribution in [0.4, 0.5) is 0 Å².